The predicted molar refractivity (Wildman–Crippen MR) is 80.0 cm³/mol. The van der Waals surface area contributed by atoms with Gasteiger partial charge in [-0.3, -0.25) is 0 Å². The third kappa shape index (κ3) is 4.94. The lowest BCUT2D eigenvalue weighted by molar-refractivity contribution is 0.0696. The zero-order valence-electron chi connectivity index (χ0n) is 12.0. The highest BCUT2D eigenvalue weighted by molar-refractivity contribution is 5.87. The van der Waals surface area contributed by atoms with Crippen LogP contribution in [0.1, 0.15) is 41.6 Å². The molecule has 0 aromatic heterocycles. The molecule has 1 aromatic carbocycles. The first-order chi connectivity index (χ1) is 9.75. The topological polar surface area (TPSA) is 52.6 Å². The van der Waals surface area contributed by atoms with Gasteiger partial charge in [0.15, 0.2) is 0 Å². The number of likely N-dealkylation sites (tertiary alicyclic amines) is 1. The number of nitrogens with zero attached hydrogens (tertiary/aromatic N) is 1. The van der Waals surface area contributed by atoms with Crippen LogP contribution in [0, 0.1) is 0 Å². The van der Waals surface area contributed by atoms with Gasteiger partial charge in [0.25, 0.3) is 0 Å². The van der Waals surface area contributed by atoms with Crippen molar-refractivity contribution in [3.8, 4) is 0 Å². The van der Waals surface area contributed by atoms with Gasteiger partial charge in [-0.25, -0.2) is 4.79 Å². The Morgan fingerprint density at radius 3 is 2.65 bits per heavy atom. The number of hydrogen-bond acceptors (Lipinski definition) is 3. The van der Waals surface area contributed by atoms with Crippen LogP contribution in [0.2, 0.25) is 0 Å². The monoisotopic (exact) mass is 276 g/mol. The minimum absolute atomic E-state index is 0.358. The summed E-state index contributed by atoms with van der Waals surface area (Å²) in [6.45, 7) is 5.21. The van der Waals surface area contributed by atoms with Crippen molar-refractivity contribution in [1.29, 1.82) is 0 Å². The van der Waals surface area contributed by atoms with Crippen LogP contribution in [0.3, 0.4) is 0 Å². The summed E-state index contributed by atoms with van der Waals surface area (Å²) < 4.78 is 0. The van der Waals surface area contributed by atoms with Crippen LogP contribution in [-0.2, 0) is 6.54 Å². The maximum Gasteiger partial charge on any atom is 0.335 e. The molecule has 1 aromatic rings. The Morgan fingerprint density at radius 1 is 1.20 bits per heavy atom. The van der Waals surface area contributed by atoms with E-state index in [1.807, 2.05) is 6.07 Å². The number of carbonyl (C=O) groups is 1. The highest BCUT2D eigenvalue weighted by Crippen LogP contribution is 2.09. The normalized spacial score (nSPS) is 16.8. The number of nitrogens with one attached hydrogen (secondary N) is 1. The fourth-order valence-electron chi connectivity index (χ4n) is 2.64. The van der Waals surface area contributed by atoms with Crippen LogP contribution in [0.25, 0.3) is 0 Å². The van der Waals surface area contributed by atoms with Gasteiger partial charge >= 0.3 is 5.97 Å². The molecule has 1 aliphatic rings. The van der Waals surface area contributed by atoms with E-state index >= 15 is 0 Å². The van der Waals surface area contributed by atoms with E-state index in [4.69, 9.17) is 5.11 Å². The van der Waals surface area contributed by atoms with E-state index in [0.29, 0.717) is 5.56 Å². The van der Waals surface area contributed by atoms with Gasteiger partial charge in [-0.05, 0) is 43.6 Å². The van der Waals surface area contributed by atoms with Gasteiger partial charge in [0.05, 0.1) is 5.56 Å². The summed E-state index contributed by atoms with van der Waals surface area (Å²) in [7, 11) is 0. The largest absolute Gasteiger partial charge is 0.478 e. The molecule has 1 heterocycles. The van der Waals surface area contributed by atoms with Crippen molar-refractivity contribution in [1.82, 2.24) is 10.2 Å². The lowest BCUT2D eigenvalue weighted by Gasteiger charge is -2.19. The molecule has 20 heavy (non-hydrogen) atoms. The van der Waals surface area contributed by atoms with Crippen molar-refractivity contribution in [3.05, 3.63) is 35.4 Å². The molecule has 0 spiro atoms. The second kappa shape index (κ2) is 8.02. The van der Waals surface area contributed by atoms with E-state index < -0.39 is 5.97 Å². The highest BCUT2D eigenvalue weighted by atomic mass is 16.4. The van der Waals surface area contributed by atoms with E-state index in [-0.39, 0.29) is 0 Å². The van der Waals surface area contributed by atoms with E-state index in [1.54, 1.807) is 18.2 Å². The first-order valence-corrected chi connectivity index (χ1v) is 7.51. The maximum absolute atomic E-state index is 10.9. The van der Waals surface area contributed by atoms with Gasteiger partial charge in [0.2, 0.25) is 0 Å². The van der Waals surface area contributed by atoms with Crippen LogP contribution in [0.5, 0.6) is 0 Å². The summed E-state index contributed by atoms with van der Waals surface area (Å²) in [5.74, 6) is -0.864. The van der Waals surface area contributed by atoms with Gasteiger partial charge in [-0.15, -0.1) is 0 Å². The molecule has 0 radical (unpaired) electrons. The molecular formula is C16H24N2O2. The number of carboxylic acids is 1. The number of rotatable bonds is 6. The van der Waals surface area contributed by atoms with E-state index in [1.165, 1.54) is 38.8 Å². The molecule has 2 N–H and O–H groups in total. The molecule has 110 valence electrons. The number of hydrogen-bond donors (Lipinski definition) is 2. The summed E-state index contributed by atoms with van der Waals surface area (Å²) >= 11 is 0. The fourth-order valence-corrected chi connectivity index (χ4v) is 2.64. The molecule has 1 saturated heterocycles. The highest BCUT2D eigenvalue weighted by Gasteiger charge is 2.08. The lowest BCUT2D eigenvalue weighted by Crippen LogP contribution is -2.32. The second-order valence-corrected chi connectivity index (χ2v) is 5.44. The van der Waals surface area contributed by atoms with Crippen LogP contribution in [0.15, 0.2) is 24.3 Å². The van der Waals surface area contributed by atoms with Crippen molar-refractivity contribution in [2.24, 2.45) is 0 Å². The van der Waals surface area contributed by atoms with Crippen molar-refractivity contribution in [2.75, 3.05) is 26.2 Å². The number of benzene rings is 1. The summed E-state index contributed by atoms with van der Waals surface area (Å²) in [4.78, 5) is 13.4. The molecule has 0 amide bonds. The average molecular weight is 276 g/mol. The number of aromatic carboxylic acids is 1. The first-order valence-electron chi connectivity index (χ1n) is 7.51. The van der Waals surface area contributed by atoms with Crippen molar-refractivity contribution >= 4 is 5.97 Å². The molecule has 0 saturated carbocycles. The van der Waals surface area contributed by atoms with Crippen molar-refractivity contribution in [3.63, 3.8) is 0 Å². The van der Waals surface area contributed by atoms with Crippen LogP contribution in [-0.4, -0.2) is 42.2 Å². The molecule has 1 aliphatic heterocycles. The van der Waals surface area contributed by atoms with Gasteiger partial charge in [0.1, 0.15) is 0 Å². The summed E-state index contributed by atoms with van der Waals surface area (Å²) in [5.41, 5.74) is 1.39. The standard InChI is InChI=1S/C16H24N2O2/c19-16(20)15-7-5-6-14(12-15)13-17-8-11-18-9-3-1-2-4-10-18/h5-7,12,17H,1-4,8-11,13H2,(H,19,20). The summed E-state index contributed by atoms with van der Waals surface area (Å²) in [6.07, 6.45) is 5.37. The van der Waals surface area contributed by atoms with Gasteiger partial charge in [-0.1, -0.05) is 25.0 Å². The van der Waals surface area contributed by atoms with Gasteiger partial charge in [-0.2, -0.15) is 0 Å². The van der Waals surface area contributed by atoms with E-state index in [9.17, 15) is 4.79 Å². The molecule has 0 atom stereocenters. The minimum atomic E-state index is -0.864. The van der Waals surface area contributed by atoms with Gasteiger partial charge in [0, 0.05) is 19.6 Å². The maximum atomic E-state index is 10.9. The molecule has 2 rings (SSSR count). The first kappa shape index (κ1) is 15.0. The molecule has 4 heteroatoms. The fraction of sp³-hybridized carbons (Fsp3) is 0.562. The molecule has 4 nitrogen and oxygen atoms in total. The van der Waals surface area contributed by atoms with Crippen molar-refractivity contribution in [2.45, 2.75) is 32.2 Å². The molecule has 0 aliphatic carbocycles. The summed E-state index contributed by atoms with van der Waals surface area (Å²) in [5, 5.41) is 12.4. The minimum Gasteiger partial charge on any atom is -0.478 e. The van der Waals surface area contributed by atoms with Crippen LogP contribution in [0.4, 0.5) is 0 Å². The number of carboxylic acid groups (broad SMARTS) is 1. The second-order valence-electron chi connectivity index (χ2n) is 5.44. The molecular weight excluding hydrogens is 252 g/mol. The quantitative estimate of drug-likeness (QED) is 0.783. The van der Waals surface area contributed by atoms with Crippen LogP contribution < -0.4 is 5.32 Å². The average Bonchev–Trinajstić information content (AvgIpc) is 2.72. The SMILES string of the molecule is O=C(O)c1cccc(CNCCN2CCCCCC2)c1. The smallest absolute Gasteiger partial charge is 0.335 e. The predicted octanol–water partition coefficient (Wildman–Crippen LogP) is 2.35. The third-order valence-electron chi connectivity index (χ3n) is 3.81. The Hall–Kier alpha value is -1.39. The molecule has 0 bridgehead atoms. The van der Waals surface area contributed by atoms with Crippen LogP contribution >= 0.6 is 0 Å². The summed E-state index contributed by atoms with van der Waals surface area (Å²) in [6, 6.07) is 7.13. The zero-order chi connectivity index (χ0) is 14.2. The Kier molecular flexibility index (Phi) is 6.02. The molecule has 0 unspecified atom stereocenters. The van der Waals surface area contributed by atoms with Gasteiger partial charge < -0.3 is 15.3 Å². The van der Waals surface area contributed by atoms with Crippen molar-refractivity contribution < 1.29 is 9.90 Å². The lowest BCUT2D eigenvalue weighted by atomic mass is 10.1. The van der Waals surface area contributed by atoms with E-state index in [2.05, 4.69) is 10.2 Å². The third-order valence-corrected chi connectivity index (χ3v) is 3.81. The Labute approximate surface area is 120 Å². The molecule has 1 fully saturated rings. The Morgan fingerprint density at radius 2 is 1.95 bits per heavy atom. The Bertz CT molecular complexity index is 426. The Balaban J connectivity index is 1.70. The van der Waals surface area contributed by atoms with E-state index in [0.717, 1.165) is 25.2 Å². The zero-order valence-corrected chi connectivity index (χ0v) is 12.0.